The predicted molar refractivity (Wildman–Crippen MR) is 56.9 cm³/mol. The van der Waals surface area contributed by atoms with E-state index in [-0.39, 0.29) is 12.1 Å². The second-order valence-electron chi connectivity index (χ2n) is 3.48. The fraction of sp³-hybridized carbons (Fsp3) is 0.700. The largest absolute Gasteiger partial charge is 0.376 e. The van der Waals surface area contributed by atoms with Crippen molar-refractivity contribution in [1.82, 2.24) is 0 Å². The van der Waals surface area contributed by atoms with E-state index in [1.165, 1.54) is 0 Å². The molecule has 76 valence electrons. The highest BCUT2D eigenvalue weighted by Gasteiger charge is 2.10. The van der Waals surface area contributed by atoms with E-state index in [0.717, 1.165) is 0 Å². The molecular weight excluding hydrogens is 164 g/mol. The Balaban J connectivity index is 4.07. The molecule has 3 heteroatoms. The van der Waals surface area contributed by atoms with Crippen molar-refractivity contribution in [2.24, 2.45) is 16.6 Å². The normalized spacial score (nSPS) is 16.5. The van der Waals surface area contributed by atoms with Crippen molar-refractivity contribution in [1.29, 1.82) is 0 Å². The second-order valence-corrected chi connectivity index (χ2v) is 3.48. The van der Waals surface area contributed by atoms with Crippen LogP contribution in [-0.2, 0) is 4.74 Å². The third kappa shape index (κ3) is 4.80. The quantitative estimate of drug-likeness (QED) is 0.659. The molecule has 0 fully saturated rings. The highest BCUT2D eigenvalue weighted by atomic mass is 16.5. The van der Waals surface area contributed by atoms with Gasteiger partial charge in [0, 0.05) is 25.1 Å². The Morgan fingerprint density at radius 3 is 2.38 bits per heavy atom. The van der Waals surface area contributed by atoms with Crippen LogP contribution in [-0.4, -0.2) is 25.5 Å². The summed E-state index contributed by atoms with van der Waals surface area (Å²) in [4.78, 5) is 4.15. The minimum atomic E-state index is -0.0692. The first kappa shape index (κ1) is 12.3. The third-order valence-corrected chi connectivity index (χ3v) is 1.93. The van der Waals surface area contributed by atoms with Gasteiger partial charge in [0.1, 0.15) is 0 Å². The molecule has 2 atom stereocenters. The van der Waals surface area contributed by atoms with E-state index in [2.05, 4.69) is 11.6 Å². The van der Waals surface area contributed by atoms with Gasteiger partial charge < -0.3 is 10.5 Å². The standard InChI is InChI=1S/C10H20N2O/c1-7(2)10(11)9(4)12-6-8(3)13-5/h6-8,10H,4,11H2,1-3,5H3/t8?,10-/m0/s1. The highest BCUT2D eigenvalue weighted by molar-refractivity contribution is 5.64. The van der Waals surface area contributed by atoms with Gasteiger partial charge in [-0.2, -0.15) is 0 Å². The summed E-state index contributed by atoms with van der Waals surface area (Å²) < 4.78 is 5.01. The minimum absolute atomic E-state index is 0.0103. The molecule has 0 rings (SSSR count). The van der Waals surface area contributed by atoms with E-state index in [4.69, 9.17) is 10.5 Å². The maximum atomic E-state index is 5.83. The van der Waals surface area contributed by atoms with Crippen LogP contribution >= 0.6 is 0 Å². The molecular formula is C10H20N2O. The molecule has 0 amide bonds. The molecule has 1 unspecified atom stereocenters. The van der Waals surface area contributed by atoms with E-state index < -0.39 is 0 Å². The Morgan fingerprint density at radius 2 is 2.00 bits per heavy atom. The zero-order valence-electron chi connectivity index (χ0n) is 8.95. The maximum absolute atomic E-state index is 5.83. The first-order valence-electron chi connectivity index (χ1n) is 4.50. The summed E-state index contributed by atoms with van der Waals surface area (Å²) in [5.74, 6) is 0.363. The molecule has 0 radical (unpaired) electrons. The summed E-state index contributed by atoms with van der Waals surface area (Å²) in [7, 11) is 1.64. The van der Waals surface area contributed by atoms with Crippen LogP contribution in [0.4, 0.5) is 0 Å². The third-order valence-electron chi connectivity index (χ3n) is 1.93. The lowest BCUT2D eigenvalue weighted by atomic mass is 10.0. The molecule has 0 aromatic rings. The summed E-state index contributed by atoms with van der Waals surface area (Å²) in [5.41, 5.74) is 6.54. The summed E-state index contributed by atoms with van der Waals surface area (Å²) >= 11 is 0. The fourth-order valence-corrected chi connectivity index (χ4v) is 0.732. The van der Waals surface area contributed by atoms with Crippen molar-refractivity contribution in [2.75, 3.05) is 7.11 Å². The molecule has 0 aromatic carbocycles. The van der Waals surface area contributed by atoms with Gasteiger partial charge in [0.15, 0.2) is 0 Å². The minimum Gasteiger partial charge on any atom is -0.376 e. The van der Waals surface area contributed by atoms with Gasteiger partial charge in [0.25, 0.3) is 0 Å². The number of nitrogens with two attached hydrogens (primary N) is 1. The molecule has 13 heavy (non-hydrogen) atoms. The average molecular weight is 184 g/mol. The van der Waals surface area contributed by atoms with E-state index in [1.807, 2.05) is 20.8 Å². The molecule has 0 aliphatic heterocycles. The second kappa shape index (κ2) is 5.89. The molecule has 0 heterocycles. The van der Waals surface area contributed by atoms with Crippen LogP contribution in [0.1, 0.15) is 20.8 Å². The molecule has 0 aliphatic rings. The van der Waals surface area contributed by atoms with E-state index in [9.17, 15) is 0 Å². The molecule has 0 bridgehead atoms. The summed E-state index contributed by atoms with van der Waals surface area (Å²) in [6, 6.07) is -0.0692. The molecule has 0 saturated heterocycles. The van der Waals surface area contributed by atoms with Crippen LogP contribution in [0.15, 0.2) is 17.3 Å². The van der Waals surface area contributed by atoms with E-state index in [0.29, 0.717) is 11.6 Å². The van der Waals surface area contributed by atoms with Crippen molar-refractivity contribution in [3.05, 3.63) is 12.3 Å². The number of hydrogen-bond donors (Lipinski definition) is 1. The Hall–Kier alpha value is -0.670. The zero-order valence-corrected chi connectivity index (χ0v) is 8.95. The number of nitrogens with zero attached hydrogens (tertiary/aromatic N) is 1. The highest BCUT2D eigenvalue weighted by Crippen LogP contribution is 2.08. The number of hydrogen-bond acceptors (Lipinski definition) is 3. The van der Waals surface area contributed by atoms with Crippen LogP contribution in [0.25, 0.3) is 0 Å². The monoisotopic (exact) mass is 184 g/mol. The Bertz CT molecular complexity index is 187. The van der Waals surface area contributed by atoms with Crippen LogP contribution in [0.2, 0.25) is 0 Å². The van der Waals surface area contributed by atoms with Gasteiger partial charge in [-0.3, -0.25) is 4.99 Å². The van der Waals surface area contributed by atoms with Crippen LogP contribution in [0, 0.1) is 5.92 Å². The van der Waals surface area contributed by atoms with Gasteiger partial charge in [-0.05, 0) is 12.8 Å². The lowest BCUT2D eigenvalue weighted by Gasteiger charge is -2.15. The van der Waals surface area contributed by atoms with Gasteiger partial charge in [-0.1, -0.05) is 20.4 Å². The van der Waals surface area contributed by atoms with Gasteiger partial charge in [-0.15, -0.1) is 0 Å². The topological polar surface area (TPSA) is 47.6 Å². The predicted octanol–water partition coefficient (Wildman–Crippen LogP) is 1.59. The van der Waals surface area contributed by atoms with Gasteiger partial charge in [-0.25, -0.2) is 0 Å². The van der Waals surface area contributed by atoms with Gasteiger partial charge >= 0.3 is 0 Å². The van der Waals surface area contributed by atoms with Crippen molar-refractivity contribution in [2.45, 2.75) is 32.9 Å². The van der Waals surface area contributed by atoms with Gasteiger partial charge in [0.2, 0.25) is 0 Å². The number of methoxy groups -OCH3 is 1. The summed E-state index contributed by atoms with van der Waals surface area (Å²) in [5, 5.41) is 0. The van der Waals surface area contributed by atoms with E-state index >= 15 is 0 Å². The van der Waals surface area contributed by atoms with Crippen molar-refractivity contribution in [3.8, 4) is 0 Å². The Morgan fingerprint density at radius 1 is 1.46 bits per heavy atom. The lowest BCUT2D eigenvalue weighted by molar-refractivity contribution is 0.174. The Kier molecular flexibility index (Phi) is 5.58. The van der Waals surface area contributed by atoms with Gasteiger partial charge in [0.05, 0.1) is 6.10 Å². The van der Waals surface area contributed by atoms with Crippen LogP contribution < -0.4 is 5.73 Å². The van der Waals surface area contributed by atoms with Crippen molar-refractivity contribution in [3.63, 3.8) is 0 Å². The van der Waals surface area contributed by atoms with Crippen molar-refractivity contribution < 1.29 is 4.74 Å². The molecule has 0 saturated carbocycles. The number of ether oxygens (including phenoxy) is 1. The molecule has 3 nitrogen and oxygen atoms in total. The summed E-state index contributed by atoms with van der Waals surface area (Å²) in [6.07, 6.45) is 1.72. The van der Waals surface area contributed by atoms with Crippen LogP contribution in [0.3, 0.4) is 0 Å². The first-order valence-corrected chi connectivity index (χ1v) is 4.50. The first-order chi connectivity index (χ1) is 5.99. The smallest absolute Gasteiger partial charge is 0.0894 e. The van der Waals surface area contributed by atoms with Crippen molar-refractivity contribution >= 4 is 6.21 Å². The Labute approximate surface area is 80.7 Å². The molecule has 0 spiro atoms. The van der Waals surface area contributed by atoms with E-state index in [1.54, 1.807) is 13.3 Å². The maximum Gasteiger partial charge on any atom is 0.0894 e. The molecule has 2 N–H and O–H groups in total. The number of aliphatic imine (C=N–C) groups is 1. The zero-order chi connectivity index (χ0) is 10.4. The van der Waals surface area contributed by atoms with Crippen LogP contribution in [0.5, 0.6) is 0 Å². The SMILES string of the molecule is C=C(N=CC(C)OC)[C@@H](N)C(C)C. The summed E-state index contributed by atoms with van der Waals surface area (Å²) in [6.45, 7) is 9.81. The number of rotatable bonds is 5. The average Bonchev–Trinajstić information content (AvgIpc) is 2.11. The fourth-order valence-electron chi connectivity index (χ4n) is 0.732. The lowest BCUT2D eigenvalue weighted by Crippen LogP contribution is -2.27. The molecule has 0 aromatic heterocycles. The molecule has 0 aliphatic carbocycles.